The van der Waals surface area contributed by atoms with Crippen molar-refractivity contribution < 1.29 is 9.90 Å². The summed E-state index contributed by atoms with van der Waals surface area (Å²) in [5.41, 5.74) is 0.291. The summed E-state index contributed by atoms with van der Waals surface area (Å²) in [7, 11) is 0. The first kappa shape index (κ1) is 14.5. The molecule has 0 radical (unpaired) electrons. The normalized spacial score (nSPS) is 12.5. The van der Waals surface area contributed by atoms with E-state index in [-0.39, 0.29) is 17.7 Å². The van der Waals surface area contributed by atoms with Gasteiger partial charge in [-0.2, -0.15) is 0 Å². The van der Waals surface area contributed by atoms with Gasteiger partial charge in [-0.25, -0.2) is 0 Å². The molecule has 17 heavy (non-hydrogen) atoms. The first-order valence-corrected chi connectivity index (χ1v) is 7.22. The number of amides is 1. The maximum absolute atomic E-state index is 11.9. The molecule has 1 atom stereocenters. The Labute approximate surface area is 118 Å². The highest BCUT2D eigenvalue weighted by molar-refractivity contribution is 9.10. The summed E-state index contributed by atoms with van der Waals surface area (Å²) in [5.74, 6) is 0.0537. The van der Waals surface area contributed by atoms with Crippen molar-refractivity contribution in [2.24, 2.45) is 5.92 Å². The predicted molar refractivity (Wildman–Crippen MR) is 75.7 cm³/mol. The second-order valence-corrected chi connectivity index (χ2v) is 5.70. The Balaban J connectivity index is 2.82. The Morgan fingerprint density at radius 3 is 2.59 bits per heavy atom. The first-order chi connectivity index (χ1) is 7.95. The minimum absolute atomic E-state index is 0.0195. The molecule has 0 aliphatic heterocycles. The van der Waals surface area contributed by atoms with Gasteiger partial charge < -0.3 is 10.4 Å². The van der Waals surface area contributed by atoms with Gasteiger partial charge in [0, 0.05) is 15.8 Å². The number of phenolic OH excluding ortho intramolecular Hbond substituents is 1. The van der Waals surface area contributed by atoms with Gasteiger partial charge in [0.05, 0.1) is 5.56 Å². The first-order valence-electron chi connectivity index (χ1n) is 5.31. The van der Waals surface area contributed by atoms with Crippen molar-refractivity contribution in [2.75, 3.05) is 5.33 Å². The van der Waals surface area contributed by atoms with Gasteiger partial charge in [0.25, 0.3) is 5.91 Å². The fraction of sp³-hybridized carbons (Fsp3) is 0.417. The van der Waals surface area contributed by atoms with E-state index in [2.05, 4.69) is 37.2 Å². The van der Waals surface area contributed by atoms with Gasteiger partial charge in [-0.15, -0.1) is 0 Å². The monoisotopic (exact) mass is 363 g/mol. The SMILES string of the molecule is CC(C)C(CBr)NC(=O)c1ccc(Br)cc1O. The Hall–Kier alpha value is -0.550. The van der Waals surface area contributed by atoms with Crippen LogP contribution in [-0.4, -0.2) is 22.4 Å². The van der Waals surface area contributed by atoms with Crippen molar-refractivity contribution in [3.63, 3.8) is 0 Å². The minimum Gasteiger partial charge on any atom is -0.507 e. The van der Waals surface area contributed by atoms with E-state index in [0.29, 0.717) is 16.8 Å². The molecule has 0 spiro atoms. The Morgan fingerprint density at radius 2 is 2.12 bits per heavy atom. The van der Waals surface area contributed by atoms with Crippen molar-refractivity contribution >= 4 is 37.8 Å². The number of hydrogen-bond donors (Lipinski definition) is 2. The molecular formula is C12H15Br2NO2. The van der Waals surface area contributed by atoms with Gasteiger partial charge in [0.15, 0.2) is 0 Å². The molecule has 5 heteroatoms. The van der Waals surface area contributed by atoms with Crippen LogP contribution in [0.2, 0.25) is 0 Å². The largest absolute Gasteiger partial charge is 0.507 e. The van der Waals surface area contributed by atoms with Crippen LogP contribution in [0.1, 0.15) is 24.2 Å². The van der Waals surface area contributed by atoms with E-state index >= 15 is 0 Å². The lowest BCUT2D eigenvalue weighted by atomic mass is 10.1. The number of carbonyl (C=O) groups excluding carboxylic acids is 1. The van der Waals surface area contributed by atoms with Gasteiger partial charge >= 0.3 is 0 Å². The molecule has 3 nitrogen and oxygen atoms in total. The molecule has 0 heterocycles. The predicted octanol–water partition coefficient (Wildman–Crippen LogP) is 3.30. The number of benzene rings is 1. The maximum atomic E-state index is 11.9. The fourth-order valence-electron chi connectivity index (χ4n) is 1.33. The number of halogens is 2. The molecule has 1 aromatic rings. The lowest BCUT2D eigenvalue weighted by Gasteiger charge is -2.20. The summed E-state index contributed by atoms with van der Waals surface area (Å²) in [5, 5.41) is 13.3. The fourth-order valence-corrected chi connectivity index (χ4v) is 2.58. The summed E-state index contributed by atoms with van der Waals surface area (Å²) >= 11 is 6.60. The molecule has 1 aromatic carbocycles. The van der Waals surface area contributed by atoms with Crippen LogP contribution in [0.4, 0.5) is 0 Å². The topological polar surface area (TPSA) is 49.3 Å². The molecule has 94 valence electrons. The smallest absolute Gasteiger partial charge is 0.255 e. The minimum atomic E-state index is -0.256. The molecule has 0 aliphatic carbocycles. The second-order valence-electron chi connectivity index (χ2n) is 4.14. The number of nitrogens with one attached hydrogen (secondary N) is 1. The van der Waals surface area contributed by atoms with Crippen LogP contribution in [-0.2, 0) is 0 Å². The lowest BCUT2D eigenvalue weighted by molar-refractivity contribution is 0.0929. The standard InChI is InChI=1S/C12H15Br2NO2/c1-7(2)10(6-13)15-12(17)9-4-3-8(14)5-11(9)16/h3-5,7,10,16H,6H2,1-2H3,(H,15,17). The van der Waals surface area contributed by atoms with E-state index in [4.69, 9.17) is 0 Å². The van der Waals surface area contributed by atoms with Crippen molar-refractivity contribution in [1.82, 2.24) is 5.32 Å². The van der Waals surface area contributed by atoms with Gasteiger partial charge in [0.2, 0.25) is 0 Å². The number of carbonyl (C=O) groups is 1. The zero-order valence-corrected chi connectivity index (χ0v) is 12.9. The molecule has 0 bridgehead atoms. The number of aromatic hydroxyl groups is 1. The second kappa shape index (κ2) is 6.40. The molecule has 0 aliphatic rings. The number of phenols is 1. The quantitative estimate of drug-likeness (QED) is 0.805. The average molecular weight is 365 g/mol. The van der Waals surface area contributed by atoms with E-state index in [1.807, 2.05) is 13.8 Å². The van der Waals surface area contributed by atoms with E-state index in [9.17, 15) is 9.90 Å². The van der Waals surface area contributed by atoms with Crippen LogP contribution >= 0.6 is 31.9 Å². The van der Waals surface area contributed by atoms with E-state index < -0.39 is 0 Å². The third kappa shape index (κ3) is 4.00. The molecule has 0 saturated carbocycles. The Bertz CT molecular complexity index is 407. The van der Waals surface area contributed by atoms with Crippen molar-refractivity contribution in [3.05, 3.63) is 28.2 Å². The molecule has 1 amide bonds. The van der Waals surface area contributed by atoms with Crippen molar-refractivity contribution in [3.8, 4) is 5.75 Å². The zero-order chi connectivity index (χ0) is 13.0. The Kier molecular flexibility index (Phi) is 5.46. The van der Waals surface area contributed by atoms with E-state index in [1.165, 1.54) is 6.07 Å². The average Bonchev–Trinajstić information content (AvgIpc) is 2.24. The van der Waals surface area contributed by atoms with E-state index in [1.54, 1.807) is 12.1 Å². The molecule has 0 aromatic heterocycles. The molecule has 2 N–H and O–H groups in total. The van der Waals surface area contributed by atoms with Crippen molar-refractivity contribution in [1.29, 1.82) is 0 Å². The van der Waals surface area contributed by atoms with Gasteiger partial charge in [0.1, 0.15) is 5.75 Å². The van der Waals surface area contributed by atoms with Gasteiger partial charge in [-0.05, 0) is 24.1 Å². The third-order valence-electron chi connectivity index (χ3n) is 2.49. The highest BCUT2D eigenvalue weighted by Gasteiger charge is 2.18. The summed E-state index contributed by atoms with van der Waals surface area (Å²) in [6.45, 7) is 4.07. The highest BCUT2D eigenvalue weighted by atomic mass is 79.9. The molecule has 1 unspecified atom stereocenters. The molecular weight excluding hydrogens is 350 g/mol. The zero-order valence-electron chi connectivity index (χ0n) is 9.71. The van der Waals surface area contributed by atoms with Crippen LogP contribution in [0.25, 0.3) is 0 Å². The van der Waals surface area contributed by atoms with Crippen LogP contribution in [0.5, 0.6) is 5.75 Å². The Morgan fingerprint density at radius 1 is 1.47 bits per heavy atom. The summed E-state index contributed by atoms with van der Waals surface area (Å²) in [6, 6.07) is 4.88. The maximum Gasteiger partial charge on any atom is 0.255 e. The molecule has 1 rings (SSSR count). The number of rotatable bonds is 4. The van der Waals surface area contributed by atoms with Crippen molar-refractivity contribution in [2.45, 2.75) is 19.9 Å². The highest BCUT2D eigenvalue weighted by Crippen LogP contribution is 2.22. The van der Waals surface area contributed by atoms with Crippen LogP contribution in [0.3, 0.4) is 0 Å². The summed E-state index contributed by atoms with van der Waals surface area (Å²) in [4.78, 5) is 11.9. The summed E-state index contributed by atoms with van der Waals surface area (Å²) < 4.78 is 0.743. The molecule has 0 fully saturated rings. The van der Waals surface area contributed by atoms with Gasteiger partial charge in [-0.1, -0.05) is 45.7 Å². The number of alkyl halides is 1. The van der Waals surface area contributed by atoms with Crippen LogP contribution < -0.4 is 5.32 Å². The van der Waals surface area contributed by atoms with E-state index in [0.717, 1.165) is 4.47 Å². The lowest BCUT2D eigenvalue weighted by Crippen LogP contribution is -2.39. The summed E-state index contributed by atoms with van der Waals surface area (Å²) in [6.07, 6.45) is 0. The van der Waals surface area contributed by atoms with Crippen LogP contribution in [0, 0.1) is 5.92 Å². The number of hydrogen-bond acceptors (Lipinski definition) is 2. The third-order valence-corrected chi connectivity index (χ3v) is 3.68. The molecule has 0 saturated heterocycles. The van der Waals surface area contributed by atoms with Crippen LogP contribution in [0.15, 0.2) is 22.7 Å². The van der Waals surface area contributed by atoms with Gasteiger partial charge in [-0.3, -0.25) is 4.79 Å².